The van der Waals surface area contributed by atoms with Crippen LogP contribution in [-0.4, -0.2) is 157 Å². The Balaban J connectivity index is 0.000000154. The average molecular weight is 2110 g/mol. The maximum absolute atomic E-state index is 14.9. The molecule has 44 heteroatoms. The summed E-state index contributed by atoms with van der Waals surface area (Å²) in [7, 11) is -15.9. The quantitative estimate of drug-likeness (QED) is 0.0243. The Morgan fingerprint density at radius 3 is 1.40 bits per heavy atom. The molecule has 36 nitrogen and oxygen atoms in total. The van der Waals surface area contributed by atoms with Crippen molar-refractivity contribution in [3.8, 4) is 22.9 Å². The van der Waals surface area contributed by atoms with Gasteiger partial charge in [0.1, 0.15) is 52.2 Å². The highest BCUT2D eigenvalue weighted by Crippen LogP contribution is 2.53. The van der Waals surface area contributed by atoms with Crippen LogP contribution in [0.4, 0.5) is 60.8 Å². The highest BCUT2D eigenvalue weighted by atomic mass is 35.5. The van der Waals surface area contributed by atoms with Gasteiger partial charge in [0.05, 0.1) is 52.5 Å². The molecule has 4 fully saturated rings. The van der Waals surface area contributed by atoms with Gasteiger partial charge in [-0.05, 0) is 248 Å². The molecule has 0 radical (unpaired) electrons. The summed E-state index contributed by atoms with van der Waals surface area (Å²) in [6, 6.07) is 47.6. The number of carbonyl (C=O) groups excluding carboxylic acids is 5. The summed E-state index contributed by atoms with van der Waals surface area (Å²) in [6.07, 6.45) is 12.2. The van der Waals surface area contributed by atoms with Gasteiger partial charge in [-0.1, -0.05) is 95.1 Å². The van der Waals surface area contributed by atoms with Crippen LogP contribution in [0.15, 0.2) is 239 Å². The molecule has 17 rings (SSSR count). The average Bonchev–Trinajstić information content (AvgIpc) is 1.52. The molecule has 9 aromatic heterocycles. The molecule has 0 spiro atoms. The molecule has 1 saturated carbocycles. The Morgan fingerprint density at radius 1 is 0.479 bits per heavy atom. The maximum Gasteiger partial charge on any atom is 0.281 e. The third-order valence-electron chi connectivity index (χ3n) is 25.1. The van der Waals surface area contributed by atoms with Gasteiger partial charge in [-0.3, -0.25) is 34.1 Å². The lowest BCUT2D eigenvalue weighted by Crippen LogP contribution is -2.41. The van der Waals surface area contributed by atoms with Crippen molar-refractivity contribution in [1.82, 2.24) is 69.0 Å². The number of halogens is 4. The first-order valence-corrected chi connectivity index (χ1v) is 53.1. The van der Waals surface area contributed by atoms with Crippen LogP contribution in [0.2, 0.25) is 10.0 Å². The Bertz CT molecular complexity index is 7630. The van der Waals surface area contributed by atoms with E-state index in [-0.39, 0.29) is 117 Å². The van der Waals surface area contributed by atoms with Crippen molar-refractivity contribution in [1.29, 1.82) is 0 Å². The second-order valence-corrected chi connectivity index (χ2v) is 46.2. The smallest absolute Gasteiger partial charge is 0.281 e. The predicted molar refractivity (Wildman–Crippen MR) is 554 cm³/mol. The van der Waals surface area contributed by atoms with E-state index in [0.717, 1.165) is 67.5 Å². The van der Waals surface area contributed by atoms with Gasteiger partial charge in [0, 0.05) is 130 Å². The molecule has 3 saturated heterocycles. The molecule has 146 heavy (non-hydrogen) atoms. The monoisotopic (exact) mass is 2110 g/mol. The van der Waals surface area contributed by atoms with Gasteiger partial charge in [0.15, 0.2) is 26.6 Å². The molecule has 4 unspecified atom stereocenters. The van der Waals surface area contributed by atoms with Gasteiger partial charge in [-0.2, -0.15) is 35.3 Å². The SMILES string of the molecule is CC(=O)Nc1cccc(Nc2cccc(S(=O)(=O)NC(=O)c3cccnc3N3CC(C)CC3(C)C)n2)c1.CC1CN(c2ncccc2C(=O)NS(=O)(=O)c2cccc(Nc3ccc4[nH]ncc4c3)n2)C(C)(C)C1.CC1CN(c2ncccc2C(=O)NS(=O)(=O)c2cccc(OCc3c(Cl)cccc3Cl)n2)C(C)(C)C1.COc1cc(F)c(-c2ccc(C(=O)NS(=O)(=O)c3cccnc3N)c(C3C[C@@H](C)CC3(C)C)n2)cc1F. The number of aromatic nitrogens is 10. The zero-order valence-electron chi connectivity index (χ0n) is 82.2. The number of benzene rings is 4. The first kappa shape index (κ1) is 107. The molecule has 5 amide bonds. The number of sulfonamides is 4. The minimum absolute atomic E-state index is 0.00947. The van der Waals surface area contributed by atoms with Crippen LogP contribution in [0, 0.1) is 40.7 Å². The Labute approximate surface area is 855 Å². The summed E-state index contributed by atoms with van der Waals surface area (Å²) in [6.45, 7) is 28.7. The number of hydrogen-bond donors (Lipinski definition) is 9. The highest BCUT2D eigenvalue weighted by Gasteiger charge is 2.45. The van der Waals surface area contributed by atoms with E-state index in [9.17, 15) is 66.4 Å². The van der Waals surface area contributed by atoms with Crippen LogP contribution in [0.1, 0.15) is 181 Å². The van der Waals surface area contributed by atoms with Crippen LogP contribution < -0.4 is 64.7 Å². The standard InChI is InChI=1S/C26H28F2N4O4S.C26H30N6O4S.C25H26Cl2N4O4S.C25H27N7O3S/c1-14-10-17(26(2,3)13-14)23-15(25(33)32-37(34,35)22-6-5-9-30-24(22)29)7-8-20(31-23)16-11-19(28)21(36-4)12-18(16)27;1-17-15-26(3,4)32(16-17)24-21(10-7-13-27-24)25(34)31-37(35,36)23-12-6-11-22(30-23)29-20-9-5-8-19(14-20)28-18(2)33;1-16-13-25(2,3)31(14-16)23-17(7-6-12-28-23)24(32)30-36(33,34)22-11-5-10-21(29-22)35-15-18-19(26)8-4-9-20(18)27;1-16-13-25(2,3)32(15-16)23-19(6-5-11-26-23)24(33)31-36(34,35)22-8-4-7-21(29-22)28-18-9-10-20-17(12-18)14-27-30-20/h5-9,11-12,14,17H,10,13H2,1-4H3,(H2,29,30)(H,32,33);5-14,17H,15-16H2,1-4H3,(H,28,33)(H,29,30)(H,31,34);4-12,16H,13-15H2,1-3H3,(H,30,32);4-12,14,16H,13,15H2,1-3H3,(H,27,30)(H,28,29)(H,31,33)/t14-,17?;;;/m1.../s1. The molecular weight excluding hydrogens is 2000 g/mol. The van der Waals surface area contributed by atoms with Crippen molar-refractivity contribution in [3.63, 3.8) is 0 Å². The van der Waals surface area contributed by atoms with E-state index in [0.29, 0.717) is 92.6 Å². The Morgan fingerprint density at radius 2 is 0.932 bits per heavy atom. The Hall–Kier alpha value is -14.5. The van der Waals surface area contributed by atoms with E-state index in [4.69, 9.17) is 38.4 Å². The Kier molecular flexibility index (Phi) is 32.2. The number of pyridine rings is 8. The van der Waals surface area contributed by atoms with Gasteiger partial charge in [0.2, 0.25) is 11.8 Å². The van der Waals surface area contributed by atoms with Crippen molar-refractivity contribution in [3.05, 3.63) is 274 Å². The summed E-state index contributed by atoms with van der Waals surface area (Å²) in [5.41, 5.74) is 8.99. The number of amides is 5. The van der Waals surface area contributed by atoms with Crippen LogP contribution in [0.3, 0.4) is 0 Å². The normalized spacial score (nSPS) is 17.5. The van der Waals surface area contributed by atoms with Crippen molar-refractivity contribution in [2.24, 2.45) is 29.1 Å². The topological polar surface area (TPSA) is 492 Å². The fraction of sp³-hybridized carbons (Fsp3) is 0.314. The van der Waals surface area contributed by atoms with Gasteiger partial charge in [0.25, 0.3) is 63.7 Å². The molecule has 3 aliphatic heterocycles. The van der Waals surface area contributed by atoms with Gasteiger partial charge >= 0.3 is 0 Å². The van der Waals surface area contributed by atoms with Crippen LogP contribution >= 0.6 is 23.2 Å². The molecule has 10 N–H and O–H groups in total. The molecule has 1 aliphatic carbocycles. The van der Waals surface area contributed by atoms with Crippen LogP contribution in [0.5, 0.6) is 11.6 Å². The third kappa shape index (κ3) is 25.4. The number of nitrogens with one attached hydrogen (secondary N) is 8. The second kappa shape index (κ2) is 43.8. The van der Waals surface area contributed by atoms with Gasteiger partial charge in [-0.15, -0.1) is 0 Å². The fourth-order valence-electron chi connectivity index (χ4n) is 19.0. The molecule has 13 aromatic rings. The van der Waals surface area contributed by atoms with E-state index in [1.54, 1.807) is 122 Å². The molecule has 0 bridgehead atoms. The van der Waals surface area contributed by atoms with Crippen molar-refractivity contribution >= 4 is 156 Å². The van der Waals surface area contributed by atoms with Crippen LogP contribution in [-0.2, 0) is 51.5 Å². The number of nitrogens with two attached hydrogens (primary N) is 1. The van der Waals surface area contributed by atoms with E-state index in [1.807, 2.05) is 41.7 Å². The minimum Gasteiger partial charge on any atom is -0.494 e. The maximum atomic E-state index is 14.9. The number of aromatic amines is 1. The molecule has 12 heterocycles. The van der Waals surface area contributed by atoms with Crippen molar-refractivity contribution in [2.75, 3.05) is 63.1 Å². The second-order valence-electron chi connectivity index (χ2n) is 38.8. The van der Waals surface area contributed by atoms with E-state index >= 15 is 0 Å². The number of nitrogens with zero attached hydrogens (tertiary/aromatic N) is 12. The number of hydrogen-bond acceptors (Lipinski definition) is 30. The summed E-state index contributed by atoms with van der Waals surface area (Å²) >= 11 is 12.3. The molecular formula is C102H111Cl2F2N21O15S4. The number of anilines is 9. The van der Waals surface area contributed by atoms with Crippen molar-refractivity contribution in [2.45, 2.75) is 171 Å². The first-order chi connectivity index (χ1) is 68.9. The number of methoxy groups -OCH3 is 1. The minimum atomic E-state index is -4.34. The van der Waals surface area contributed by atoms with Gasteiger partial charge < -0.3 is 45.9 Å². The number of nitrogen functional groups attached to an aromatic ring is 1. The number of rotatable bonds is 26. The lowest BCUT2D eigenvalue weighted by molar-refractivity contribution is -0.114. The van der Waals surface area contributed by atoms with E-state index in [1.165, 1.54) is 80.9 Å². The zero-order chi connectivity index (χ0) is 106. The van der Waals surface area contributed by atoms with E-state index in [2.05, 4.69) is 159 Å². The molecule has 5 atom stereocenters. The summed E-state index contributed by atoms with van der Waals surface area (Å²) in [4.78, 5) is 104. The summed E-state index contributed by atoms with van der Waals surface area (Å²) in [5, 5.41) is 16.5. The lowest BCUT2D eigenvalue weighted by Gasteiger charge is -2.33. The zero-order valence-corrected chi connectivity index (χ0v) is 87.0. The van der Waals surface area contributed by atoms with Crippen LogP contribution in [0.25, 0.3) is 22.2 Å². The lowest BCUT2D eigenvalue weighted by atomic mass is 9.78. The number of ether oxygens (including phenoxy) is 2. The first-order valence-electron chi connectivity index (χ1n) is 46.4. The molecule has 4 aromatic carbocycles. The predicted octanol–water partition coefficient (Wildman–Crippen LogP) is 17.5. The molecule has 766 valence electrons. The number of H-pyrrole nitrogens is 1. The number of fused-ring (bicyclic) bond motifs is 1. The third-order valence-corrected chi connectivity index (χ3v) is 30.9. The largest absolute Gasteiger partial charge is 0.494 e. The van der Waals surface area contributed by atoms with Gasteiger partial charge in [-0.25, -0.2) is 66.0 Å². The number of carbonyl (C=O) groups is 5. The van der Waals surface area contributed by atoms with E-state index < -0.39 is 75.4 Å². The highest BCUT2D eigenvalue weighted by molar-refractivity contribution is 7.91. The van der Waals surface area contributed by atoms with Crippen molar-refractivity contribution < 1.29 is 75.9 Å². The summed E-state index contributed by atoms with van der Waals surface area (Å²) < 4.78 is 153. The summed E-state index contributed by atoms with van der Waals surface area (Å²) in [5.74, 6) is -2.13. The fourth-order valence-corrected chi connectivity index (χ4v) is 23.3. The molecule has 4 aliphatic rings.